The van der Waals surface area contributed by atoms with Crippen molar-refractivity contribution < 1.29 is 23.8 Å². The van der Waals surface area contributed by atoms with Crippen molar-refractivity contribution in [2.45, 2.75) is 6.42 Å². The number of nitrogens with zero attached hydrogens (tertiary/aromatic N) is 2. The van der Waals surface area contributed by atoms with Crippen LogP contribution < -0.4 is 24.5 Å². The number of amides is 2. The average Bonchev–Trinajstić information content (AvgIpc) is 3.15. The highest BCUT2D eigenvalue weighted by Crippen LogP contribution is 2.27. The van der Waals surface area contributed by atoms with Crippen LogP contribution >= 0.6 is 0 Å². The number of benzene rings is 2. The van der Waals surface area contributed by atoms with Crippen molar-refractivity contribution in [1.82, 2.24) is 5.43 Å². The fourth-order valence-corrected chi connectivity index (χ4v) is 3.09. The zero-order chi connectivity index (χ0) is 20.8. The molecular formula is C21H23N3O5. The van der Waals surface area contributed by atoms with Gasteiger partial charge < -0.3 is 19.1 Å². The molecule has 0 unspecified atom stereocenters. The van der Waals surface area contributed by atoms with E-state index in [-0.39, 0.29) is 18.2 Å². The average molecular weight is 397 g/mol. The van der Waals surface area contributed by atoms with Gasteiger partial charge in [-0.05, 0) is 42.5 Å². The van der Waals surface area contributed by atoms with Crippen LogP contribution in [0.15, 0.2) is 47.6 Å². The Balaban J connectivity index is 1.63. The van der Waals surface area contributed by atoms with E-state index in [0.29, 0.717) is 29.4 Å². The molecule has 152 valence electrons. The molecule has 1 aliphatic rings. The largest absolute Gasteiger partial charge is 0.497 e. The summed E-state index contributed by atoms with van der Waals surface area (Å²) in [5.41, 5.74) is 3.90. The Bertz CT molecular complexity index is 911. The van der Waals surface area contributed by atoms with Crippen LogP contribution in [0.5, 0.6) is 17.2 Å². The minimum atomic E-state index is -0.478. The van der Waals surface area contributed by atoms with Gasteiger partial charge in [-0.1, -0.05) is 0 Å². The van der Waals surface area contributed by atoms with Crippen LogP contribution in [-0.2, 0) is 9.59 Å². The molecule has 8 heteroatoms. The molecule has 2 amide bonds. The topological polar surface area (TPSA) is 89.5 Å². The SMILES string of the molecule is COc1ccc(N2C[C@@H](C(=O)N/N=C\c3cc(OC)ccc3OC)CC2=O)cc1. The third kappa shape index (κ3) is 4.66. The second-order valence-electron chi connectivity index (χ2n) is 6.45. The number of rotatable bonds is 7. The summed E-state index contributed by atoms with van der Waals surface area (Å²) < 4.78 is 15.6. The predicted octanol–water partition coefficient (Wildman–Crippen LogP) is 2.22. The third-order valence-corrected chi connectivity index (χ3v) is 4.70. The van der Waals surface area contributed by atoms with Gasteiger partial charge in [0.2, 0.25) is 11.8 Å². The van der Waals surface area contributed by atoms with Crippen molar-refractivity contribution in [3.05, 3.63) is 48.0 Å². The highest BCUT2D eigenvalue weighted by atomic mass is 16.5. The maximum absolute atomic E-state index is 12.5. The maximum Gasteiger partial charge on any atom is 0.245 e. The van der Waals surface area contributed by atoms with Crippen LogP contribution in [0, 0.1) is 5.92 Å². The lowest BCUT2D eigenvalue weighted by atomic mass is 10.1. The van der Waals surface area contributed by atoms with E-state index in [9.17, 15) is 9.59 Å². The van der Waals surface area contributed by atoms with Gasteiger partial charge in [0.25, 0.3) is 0 Å². The second kappa shape index (κ2) is 9.09. The maximum atomic E-state index is 12.5. The van der Waals surface area contributed by atoms with Gasteiger partial charge in [0, 0.05) is 24.2 Å². The van der Waals surface area contributed by atoms with Gasteiger partial charge in [0.1, 0.15) is 17.2 Å². The fraction of sp³-hybridized carbons (Fsp3) is 0.286. The molecule has 29 heavy (non-hydrogen) atoms. The van der Waals surface area contributed by atoms with E-state index in [2.05, 4.69) is 10.5 Å². The number of ether oxygens (including phenoxy) is 3. The molecule has 8 nitrogen and oxygen atoms in total. The number of hydrogen-bond acceptors (Lipinski definition) is 6. The number of anilines is 1. The van der Waals surface area contributed by atoms with E-state index in [4.69, 9.17) is 14.2 Å². The van der Waals surface area contributed by atoms with E-state index in [1.165, 1.54) is 6.21 Å². The van der Waals surface area contributed by atoms with Gasteiger partial charge in [0.15, 0.2) is 0 Å². The van der Waals surface area contributed by atoms with E-state index < -0.39 is 5.92 Å². The van der Waals surface area contributed by atoms with Crippen LogP contribution in [0.4, 0.5) is 5.69 Å². The summed E-state index contributed by atoms with van der Waals surface area (Å²) in [6.45, 7) is 0.301. The first kappa shape index (κ1) is 20.2. The number of hydrazone groups is 1. The first-order valence-electron chi connectivity index (χ1n) is 9.05. The van der Waals surface area contributed by atoms with Crippen molar-refractivity contribution in [2.24, 2.45) is 11.0 Å². The summed E-state index contributed by atoms with van der Waals surface area (Å²) in [5.74, 6) is 1.06. The van der Waals surface area contributed by atoms with Crippen molar-refractivity contribution >= 4 is 23.7 Å². The minimum Gasteiger partial charge on any atom is -0.497 e. The van der Waals surface area contributed by atoms with E-state index in [0.717, 1.165) is 5.69 Å². The molecule has 1 heterocycles. The molecule has 1 aliphatic heterocycles. The first-order valence-corrected chi connectivity index (χ1v) is 9.05. The van der Waals surface area contributed by atoms with Crippen molar-refractivity contribution in [3.8, 4) is 17.2 Å². The van der Waals surface area contributed by atoms with E-state index >= 15 is 0 Å². The molecule has 2 aromatic rings. The Morgan fingerprint density at radius 3 is 2.41 bits per heavy atom. The Labute approximate surface area is 169 Å². The molecule has 0 aliphatic carbocycles. The van der Waals surface area contributed by atoms with Crippen LogP contribution in [0.1, 0.15) is 12.0 Å². The monoisotopic (exact) mass is 397 g/mol. The first-order chi connectivity index (χ1) is 14.0. The van der Waals surface area contributed by atoms with Gasteiger partial charge in [-0.3, -0.25) is 9.59 Å². The highest BCUT2D eigenvalue weighted by Gasteiger charge is 2.35. The van der Waals surface area contributed by atoms with Gasteiger partial charge in [-0.15, -0.1) is 0 Å². The van der Waals surface area contributed by atoms with Crippen LogP contribution in [-0.4, -0.2) is 45.9 Å². The molecule has 0 bridgehead atoms. The Morgan fingerprint density at radius 1 is 1.07 bits per heavy atom. The van der Waals surface area contributed by atoms with Crippen molar-refractivity contribution in [1.29, 1.82) is 0 Å². The molecule has 3 rings (SSSR count). The number of hydrogen-bond donors (Lipinski definition) is 1. The molecule has 0 saturated carbocycles. The van der Waals surface area contributed by atoms with Gasteiger partial charge in [-0.2, -0.15) is 5.10 Å². The molecule has 1 saturated heterocycles. The van der Waals surface area contributed by atoms with Crippen LogP contribution in [0.25, 0.3) is 0 Å². The van der Waals surface area contributed by atoms with Crippen molar-refractivity contribution in [2.75, 3.05) is 32.8 Å². The molecule has 1 N–H and O–H groups in total. The number of carbonyl (C=O) groups excluding carboxylic acids is 2. The molecule has 1 atom stereocenters. The lowest BCUT2D eigenvalue weighted by Gasteiger charge is -2.16. The zero-order valence-electron chi connectivity index (χ0n) is 16.5. The number of methoxy groups -OCH3 is 3. The summed E-state index contributed by atoms with van der Waals surface area (Å²) >= 11 is 0. The molecule has 1 fully saturated rings. The standard InChI is InChI=1S/C21H23N3O5/c1-27-17-6-4-16(5-7-17)24-13-15(11-20(24)25)21(26)23-22-12-14-10-18(28-2)8-9-19(14)29-3/h4-10,12,15H,11,13H2,1-3H3,(H,23,26)/b22-12-/t15-/m0/s1. The molecule has 0 spiro atoms. The third-order valence-electron chi connectivity index (χ3n) is 4.70. The van der Waals surface area contributed by atoms with Gasteiger partial charge in [0.05, 0.1) is 33.5 Å². The van der Waals surface area contributed by atoms with Gasteiger partial charge >= 0.3 is 0 Å². The van der Waals surface area contributed by atoms with Crippen LogP contribution in [0.2, 0.25) is 0 Å². The van der Waals surface area contributed by atoms with Gasteiger partial charge in [-0.25, -0.2) is 5.43 Å². The number of carbonyl (C=O) groups is 2. The number of nitrogens with one attached hydrogen (secondary N) is 1. The summed E-state index contributed by atoms with van der Waals surface area (Å²) in [6.07, 6.45) is 1.62. The van der Waals surface area contributed by atoms with E-state index in [1.807, 2.05) is 0 Å². The molecule has 0 aromatic heterocycles. The minimum absolute atomic E-state index is 0.103. The highest BCUT2D eigenvalue weighted by molar-refractivity contribution is 6.00. The zero-order valence-corrected chi connectivity index (χ0v) is 16.5. The lowest BCUT2D eigenvalue weighted by molar-refractivity contribution is -0.126. The normalized spacial score (nSPS) is 16.2. The fourth-order valence-electron chi connectivity index (χ4n) is 3.09. The quantitative estimate of drug-likeness (QED) is 0.572. The summed E-state index contributed by atoms with van der Waals surface area (Å²) in [5, 5.41) is 4.01. The van der Waals surface area contributed by atoms with Crippen LogP contribution in [0.3, 0.4) is 0 Å². The summed E-state index contributed by atoms with van der Waals surface area (Å²) in [7, 11) is 4.70. The predicted molar refractivity (Wildman–Crippen MR) is 109 cm³/mol. The lowest BCUT2D eigenvalue weighted by Crippen LogP contribution is -2.30. The van der Waals surface area contributed by atoms with E-state index in [1.54, 1.807) is 68.7 Å². The Morgan fingerprint density at radius 2 is 1.76 bits per heavy atom. The van der Waals surface area contributed by atoms with Crippen molar-refractivity contribution in [3.63, 3.8) is 0 Å². The Kier molecular flexibility index (Phi) is 6.33. The molecule has 2 aromatic carbocycles. The molecule has 0 radical (unpaired) electrons. The second-order valence-corrected chi connectivity index (χ2v) is 6.45. The Hall–Kier alpha value is -3.55. The smallest absolute Gasteiger partial charge is 0.245 e. The summed E-state index contributed by atoms with van der Waals surface area (Å²) in [6, 6.07) is 12.4. The molecular weight excluding hydrogens is 374 g/mol. The summed E-state index contributed by atoms with van der Waals surface area (Å²) in [4.78, 5) is 26.4.